The number of anilines is 1. The number of hydrogen-bond donors (Lipinski definition) is 4. The number of hydrogen-bond acceptors (Lipinski definition) is 4. The van der Waals surface area contributed by atoms with E-state index in [0.29, 0.717) is 0 Å². The number of benzene rings is 1. The molecule has 1 aromatic rings. The van der Waals surface area contributed by atoms with Crippen molar-refractivity contribution in [3.05, 3.63) is 54.0 Å². The van der Waals surface area contributed by atoms with Crippen molar-refractivity contribution in [1.82, 2.24) is 5.32 Å². The number of nitrogens with one attached hydrogen (secondary N) is 2. The zero-order valence-electron chi connectivity index (χ0n) is 10.3. The average molecular weight is 246 g/mol. The van der Waals surface area contributed by atoms with Crippen molar-refractivity contribution in [2.24, 2.45) is 11.5 Å². The largest absolute Gasteiger partial charge is 0.405 e. The van der Waals surface area contributed by atoms with E-state index < -0.39 is 0 Å². The first kappa shape index (κ1) is 13.6. The van der Waals surface area contributed by atoms with E-state index in [1.807, 2.05) is 31.3 Å². The second-order valence-electron chi connectivity index (χ2n) is 3.68. The maximum Gasteiger partial charge on any atom is 0.229 e. The molecule has 18 heavy (non-hydrogen) atoms. The van der Waals surface area contributed by atoms with Gasteiger partial charge in [-0.2, -0.15) is 0 Å². The Kier molecular flexibility index (Phi) is 5.31. The van der Waals surface area contributed by atoms with Gasteiger partial charge >= 0.3 is 0 Å². The minimum absolute atomic E-state index is 0.164. The second-order valence-corrected chi connectivity index (χ2v) is 3.68. The summed E-state index contributed by atoms with van der Waals surface area (Å²) in [6, 6.07) is 7.63. The van der Waals surface area contributed by atoms with Gasteiger partial charge in [-0.25, -0.2) is 0 Å². The van der Waals surface area contributed by atoms with Crippen LogP contribution < -0.4 is 22.1 Å². The first-order valence-electron chi connectivity index (χ1n) is 5.56. The molecule has 0 aliphatic heterocycles. The Morgan fingerprint density at radius 3 is 2.89 bits per heavy atom. The van der Waals surface area contributed by atoms with E-state index in [0.717, 1.165) is 11.3 Å². The van der Waals surface area contributed by atoms with Gasteiger partial charge in [-0.3, -0.25) is 4.79 Å². The minimum atomic E-state index is -0.164. The van der Waals surface area contributed by atoms with Crippen LogP contribution in [0.5, 0.6) is 0 Å². The summed E-state index contributed by atoms with van der Waals surface area (Å²) in [6.07, 6.45) is 4.70. The predicted octanol–water partition coefficient (Wildman–Crippen LogP) is 0.660. The number of amides is 1. The molecule has 0 unspecified atom stereocenters. The van der Waals surface area contributed by atoms with Gasteiger partial charge in [0.25, 0.3) is 0 Å². The van der Waals surface area contributed by atoms with Gasteiger partial charge in [0.05, 0.1) is 6.42 Å². The van der Waals surface area contributed by atoms with E-state index in [2.05, 4.69) is 10.6 Å². The standard InChI is InChI=1S/C13H18N4O/c1-16-11-5-2-4-10(8-11)9-13(18)17-12(15)6-3-7-14/h2-8,16H,9,14-15H2,1H3,(H,17,18)/b7-3-,12-6+. The lowest BCUT2D eigenvalue weighted by Gasteiger charge is -2.06. The van der Waals surface area contributed by atoms with Crippen LogP contribution in [0.2, 0.25) is 0 Å². The SMILES string of the molecule is CNc1cccc(CC(=O)N/C(N)=C/C=C\N)c1. The molecule has 0 saturated heterocycles. The Hall–Kier alpha value is -2.43. The molecule has 0 aromatic heterocycles. The summed E-state index contributed by atoms with van der Waals surface area (Å²) in [6.45, 7) is 0. The molecule has 0 spiro atoms. The van der Waals surface area contributed by atoms with Crippen molar-refractivity contribution < 1.29 is 4.79 Å². The molecule has 96 valence electrons. The van der Waals surface area contributed by atoms with E-state index in [9.17, 15) is 4.79 Å². The van der Waals surface area contributed by atoms with Crippen LogP contribution in [0.25, 0.3) is 0 Å². The molecule has 0 fully saturated rings. The molecular formula is C13H18N4O. The fourth-order valence-electron chi connectivity index (χ4n) is 1.43. The van der Waals surface area contributed by atoms with Gasteiger partial charge in [0.15, 0.2) is 0 Å². The normalized spacial score (nSPS) is 11.5. The van der Waals surface area contributed by atoms with Crippen molar-refractivity contribution in [3.63, 3.8) is 0 Å². The summed E-state index contributed by atoms with van der Waals surface area (Å²) >= 11 is 0. The Balaban J connectivity index is 2.59. The second kappa shape index (κ2) is 7.01. The molecule has 0 atom stereocenters. The summed E-state index contributed by atoms with van der Waals surface area (Å²) in [5.74, 6) is 0.105. The molecule has 1 aromatic carbocycles. The summed E-state index contributed by atoms with van der Waals surface area (Å²) in [5.41, 5.74) is 12.6. The van der Waals surface area contributed by atoms with Gasteiger partial charge in [0, 0.05) is 12.7 Å². The Bertz CT molecular complexity index is 466. The maximum absolute atomic E-state index is 11.7. The summed E-state index contributed by atoms with van der Waals surface area (Å²) < 4.78 is 0. The van der Waals surface area contributed by atoms with Crippen LogP contribution in [0.15, 0.2) is 48.4 Å². The number of rotatable bonds is 5. The molecule has 6 N–H and O–H groups in total. The van der Waals surface area contributed by atoms with Crippen molar-refractivity contribution in [1.29, 1.82) is 0 Å². The number of allylic oxidation sites excluding steroid dienone is 2. The van der Waals surface area contributed by atoms with Crippen LogP contribution in [0, 0.1) is 0 Å². The molecule has 5 nitrogen and oxygen atoms in total. The lowest BCUT2D eigenvalue weighted by atomic mass is 10.1. The predicted molar refractivity (Wildman–Crippen MR) is 73.4 cm³/mol. The number of carbonyl (C=O) groups is 1. The average Bonchev–Trinajstić information content (AvgIpc) is 2.36. The fraction of sp³-hybridized carbons (Fsp3) is 0.154. The monoisotopic (exact) mass is 246 g/mol. The van der Waals surface area contributed by atoms with Gasteiger partial charge in [0.2, 0.25) is 5.91 Å². The third-order valence-corrected chi connectivity index (χ3v) is 2.25. The highest BCUT2D eigenvalue weighted by Crippen LogP contribution is 2.10. The van der Waals surface area contributed by atoms with Crippen LogP contribution in [-0.4, -0.2) is 13.0 Å². The van der Waals surface area contributed by atoms with Gasteiger partial charge in [-0.1, -0.05) is 12.1 Å². The summed E-state index contributed by atoms with van der Waals surface area (Å²) in [4.78, 5) is 11.7. The summed E-state index contributed by atoms with van der Waals surface area (Å²) in [7, 11) is 1.83. The zero-order valence-corrected chi connectivity index (χ0v) is 10.3. The van der Waals surface area contributed by atoms with Crippen LogP contribution in [0.3, 0.4) is 0 Å². The molecule has 1 rings (SSSR count). The van der Waals surface area contributed by atoms with Crippen LogP contribution in [0.1, 0.15) is 5.56 Å². The molecule has 5 heteroatoms. The zero-order chi connectivity index (χ0) is 13.4. The lowest BCUT2D eigenvalue weighted by molar-refractivity contribution is -0.119. The van der Waals surface area contributed by atoms with Gasteiger partial charge in [-0.15, -0.1) is 0 Å². The Morgan fingerprint density at radius 1 is 1.44 bits per heavy atom. The van der Waals surface area contributed by atoms with Crippen LogP contribution >= 0.6 is 0 Å². The third kappa shape index (κ3) is 4.61. The maximum atomic E-state index is 11.7. The molecule has 1 amide bonds. The molecule has 0 saturated carbocycles. The molecular weight excluding hydrogens is 228 g/mol. The highest BCUT2D eigenvalue weighted by molar-refractivity contribution is 5.80. The van der Waals surface area contributed by atoms with Gasteiger partial charge in [-0.05, 0) is 36.0 Å². The van der Waals surface area contributed by atoms with Crippen LogP contribution in [-0.2, 0) is 11.2 Å². The van der Waals surface area contributed by atoms with Gasteiger partial charge < -0.3 is 22.1 Å². The van der Waals surface area contributed by atoms with E-state index in [1.54, 1.807) is 6.08 Å². The van der Waals surface area contributed by atoms with Gasteiger partial charge in [0.1, 0.15) is 5.82 Å². The Labute approximate surface area is 107 Å². The highest BCUT2D eigenvalue weighted by Gasteiger charge is 2.04. The van der Waals surface area contributed by atoms with E-state index in [-0.39, 0.29) is 18.1 Å². The number of nitrogens with two attached hydrogens (primary N) is 2. The molecule has 0 heterocycles. The van der Waals surface area contributed by atoms with Crippen molar-refractivity contribution >= 4 is 11.6 Å². The molecule has 0 aliphatic carbocycles. The van der Waals surface area contributed by atoms with E-state index >= 15 is 0 Å². The Morgan fingerprint density at radius 2 is 2.22 bits per heavy atom. The van der Waals surface area contributed by atoms with Crippen molar-refractivity contribution in [2.45, 2.75) is 6.42 Å². The minimum Gasteiger partial charge on any atom is -0.405 e. The quantitative estimate of drug-likeness (QED) is 0.574. The molecule has 0 radical (unpaired) electrons. The fourth-order valence-corrected chi connectivity index (χ4v) is 1.43. The smallest absolute Gasteiger partial charge is 0.229 e. The van der Waals surface area contributed by atoms with E-state index in [1.165, 1.54) is 12.3 Å². The first-order chi connectivity index (χ1) is 8.65. The molecule has 0 aliphatic rings. The van der Waals surface area contributed by atoms with Crippen LogP contribution in [0.4, 0.5) is 5.69 Å². The van der Waals surface area contributed by atoms with Crippen molar-refractivity contribution in [3.8, 4) is 0 Å². The highest BCUT2D eigenvalue weighted by atomic mass is 16.1. The first-order valence-corrected chi connectivity index (χ1v) is 5.56. The topological polar surface area (TPSA) is 93.2 Å². The lowest BCUT2D eigenvalue weighted by Crippen LogP contribution is -2.28. The summed E-state index contributed by atoms with van der Waals surface area (Å²) in [5, 5.41) is 5.59. The molecule has 0 bridgehead atoms. The van der Waals surface area contributed by atoms with Crippen molar-refractivity contribution in [2.75, 3.05) is 12.4 Å². The number of carbonyl (C=O) groups excluding carboxylic acids is 1. The third-order valence-electron chi connectivity index (χ3n) is 2.25. The van der Waals surface area contributed by atoms with E-state index in [4.69, 9.17) is 11.5 Å².